The predicted octanol–water partition coefficient (Wildman–Crippen LogP) is 4.31. The van der Waals surface area contributed by atoms with Crippen molar-refractivity contribution in [2.45, 2.75) is 20.8 Å². The molecule has 0 heterocycles. The number of benzene rings is 1. The molecule has 0 spiro atoms. The number of rotatable bonds is 3. The molecule has 0 unspecified atom stereocenters. The van der Waals surface area contributed by atoms with Gasteiger partial charge in [-0.1, -0.05) is 42.0 Å². The van der Waals surface area contributed by atoms with E-state index >= 15 is 0 Å². The zero-order chi connectivity index (χ0) is 12.0. The fraction of sp³-hybridized carbons (Fsp3) is 0.200. The van der Waals surface area contributed by atoms with Gasteiger partial charge in [0, 0.05) is 98.1 Å². The van der Waals surface area contributed by atoms with Crippen molar-refractivity contribution in [3.05, 3.63) is 59.7 Å². The average molecular weight is 481 g/mol. The summed E-state index contributed by atoms with van der Waals surface area (Å²) >= 11 is 0. The van der Waals surface area contributed by atoms with Gasteiger partial charge in [-0.3, -0.25) is 0 Å². The van der Waals surface area contributed by atoms with Crippen molar-refractivity contribution in [1.82, 2.24) is 0 Å². The predicted molar refractivity (Wildman–Crippen MR) is 70.3 cm³/mol. The normalized spacial score (nSPS) is 11.3. The molecule has 0 aromatic heterocycles. The van der Waals surface area contributed by atoms with Gasteiger partial charge >= 0.3 is 0 Å². The number of hydrogen-bond acceptors (Lipinski definition) is 1. The van der Waals surface area contributed by atoms with Crippen molar-refractivity contribution < 1.29 is 103 Å². The summed E-state index contributed by atoms with van der Waals surface area (Å²) in [6.07, 6.45) is 8.19. The first-order valence-corrected chi connectivity index (χ1v) is 5.41. The smallest absolute Gasteiger partial charge is 0.116 e. The summed E-state index contributed by atoms with van der Waals surface area (Å²) in [7, 11) is 0. The fourth-order valence-corrected chi connectivity index (χ4v) is 1.29. The number of hydrogen-bond donors (Lipinski definition) is 1. The first-order chi connectivity index (χ1) is 7.63. The summed E-state index contributed by atoms with van der Waals surface area (Å²) in [6.45, 7) is 6.11. The molecule has 1 nitrogen and oxygen atoms in total. The topological polar surface area (TPSA) is 20.2 Å². The molecule has 19 heavy (non-hydrogen) atoms. The first-order valence-electron chi connectivity index (χ1n) is 5.41. The van der Waals surface area contributed by atoms with E-state index < -0.39 is 0 Å². The molecule has 0 amide bonds. The Kier molecular flexibility index (Phi) is 19.4. The van der Waals surface area contributed by atoms with Gasteiger partial charge in [0.1, 0.15) is 5.75 Å². The van der Waals surface area contributed by atoms with E-state index in [-0.39, 0.29) is 98.1 Å². The van der Waals surface area contributed by atoms with Crippen LogP contribution in [-0.4, -0.2) is 5.11 Å². The largest absolute Gasteiger partial charge is 0.508 e. The van der Waals surface area contributed by atoms with Gasteiger partial charge in [-0.25, -0.2) is 0 Å². The number of phenolic OH excluding ortho intramolecular Hbond substituents is 1. The van der Waals surface area contributed by atoms with Crippen LogP contribution in [0.2, 0.25) is 0 Å². The zero-order valence-corrected chi connectivity index (χ0v) is 20.3. The van der Waals surface area contributed by atoms with Crippen LogP contribution in [-0.2, 0) is 98.1 Å². The Morgan fingerprint density at radius 1 is 1.11 bits per heavy atom. The van der Waals surface area contributed by atoms with Gasteiger partial charge in [0.2, 0.25) is 0 Å². The quantitative estimate of drug-likeness (QED) is 0.639. The molecule has 0 fully saturated rings. The summed E-state index contributed by atoms with van der Waals surface area (Å²) < 4.78 is 0. The van der Waals surface area contributed by atoms with Gasteiger partial charge in [0.05, 0.1) is 0 Å². The van der Waals surface area contributed by atoms with Crippen molar-refractivity contribution in [3.63, 3.8) is 0 Å². The summed E-state index contributed by atoms with van der Waals surface area (Å²) in [5.41, 5.74) is 3.42. The van der Waals surface area contributed by atoms with Crippen molar-refractivity contribution in [3.8, 4) is 5.75 Å². The van der Waals surface area contributed by atoms with E-state index in [4.69, 9.17) is 0 Å². The Morgan fingerprint density at radius 3 is 2.26 bits per heavy atom. The molecule has 4 heteroatoms. The molecular weight excluding hydrogens is 463 g/mol. The number of allylic oxidation sites excluding steroid dienone is 6. The molecule has 0 bridgehead atoms. The summed E-state index contributed by atoms with van der Waals surface area (Å²) in [4.78, 5) is 0. The maximum Gasteiger partial charge on any atom is 0.116 e. The van der Waals surface area contributed by atoms with Crippen LogP contribution in [0.3, 0.4) is 0 Å². The minimum Gasteiger partial charge on any atom is -0.508 e. The molecule has 1 aromatic carbocycles. The Labute approximate surface area is 192 Å². The molecule has 93 valence electrons. The maximum absolute atomic E-state index is 9.36. The average Bonchev–Trinajstić information content (AvgIpc) is 2.28. The van der Waals surface area contributed by atoms with E-state index in [0.29, 0.717) is 5.75 Å². The van der Waals surface area contributed by atoms with Crippen LogP contribution in [0.5, 0.6) is 5.75 Å². The van der Waals surface area contributed by atoms with Crippen LogP contribution in [0.15, 0.2) is 54.1 Å². The number of phenols is 1. The second kappa shape index (κ2) is 14.5. The van der Waals surface area contributed by atoms with E-state index in [1.807, 2.05) is 38.1 Å². The van der Waals surface area contributed by atoms with Crippen LogP contribution in [0, 0.1) is 0 Å². The Hall–Kier alpha value is 1.55. The second-order valence-electron chi connectivity index (χ2n) is 3.79. The minimum absolute atomic E-state index is 0. The van der Waals surface area contributed by atoms with E-state index in [1.54, 1.807) is 12.1 Å². The molecule has 1 aromatic rings. The molecule has 1 rings (SSSR count). The van der Waals surface area contributed by atoms with Crippen LogP contribution >= 0.6 is 0 Å². The molecule has 0 saturated heterocycles. The molecule has 0 saturated carbocycles. The van der Waals surface area contributed by atoms with Crippen LogP contribution in [0.25, 0.3) is 5.57 Å². The summed E-state index contributed by atoms with van der Waals surface area (Å²) in [5.74, 6) is 0.305. The molecule has 1 N–H and O–H groups in total. The molecule has 0 aliphatic heterocycles. The third-order valence-electron chi connectivity index (χ3n) is 2.46. The van der Waals surface area contributed by atoms with Crippen molar-refractivity contribution in [1.29, 1.82) is 0 Å². The zero-order valence-electron chi connectivity index (χ0n) is 11.8. The van der Waals surface area contributed by atoms with Crippen LogP contribution in [0.4, 0.5) is 0 Å². The fourth-order valence-electron chi connectivity index (χ4n) is 1.29. The van der Waals surface area contributed by atoms with E-state index in [2.05, 4.69) is 19.1 Å². The molecule has 0 atom stereocenters. The molecular formula is C15H18OY3. The Balaban J connectivity index is -0.000000853. The van der Waals surface area contributed by atoms with E-state index in [9.17, 15) is 5.11 Å². The molecule has 0 aliphatic carbocycles. The van der Waals surface area contributed by atoms with Gasteiger partial charge in [-0.05, 0) is 44.0 Å². The van der Waals surface area contributed by atoms with Gasteiger partial charge < -0.3 is 5.11 Å². The maximum atomic E-state index is 9.36. The van der Waals surface area contributed by atoms with Crippen LogP contribution in [0.1, 0.15) is 26.3 Å². The first kappa shape index (κ1) is 25.5. The Morgan fingerprint density at radius 2 is 1.74 bits per heavy atom. The third kappa shape index (κ3) is 10.9. The van der Waals surface area contributed by atoms with Gasteiger partial charge in [0.15, 0.2) is 0 Å². The summed E-state index contributed by atoms with van der Waals surface area (Å²) in [5, 5.41) is 9.36. The summed E-state index contributed by atoms with van der Waals surface area (Å²) in [6, 6.07) is 7.28. The van der Waals surface area contributed by atoms with Crippen LogP contribution < -0.4 is 0 Å². The van der Waals surface area contributed by atoms with Gasteiger partial charge in [0.25, 0.3) is 0 Å². The van der Waals surface area contributed by atoms with Gasteiger partial charge in [-0.15, -0.1) is 0 Å². The second-order valence-corrected chi connectivity index (χ2v) is 3.79. The standard InChI is InChI=1S/C15H18O.3Y/c1-4-12(2)7-5-8-13(3)14-9-6-10-15(16)11-14;;;/h4-11,16H,1-3H3;;;/b7-5+,12-4+,13-8+;;;. The van der Waals surface area contributed by atoms with E-state index in [0.717, 1.165) is 11.1 Å². The molecule has 3 radical (unpaired) electrons. The molecule has 0 aliphatic rings. The van der Waals surface area contributed by atoms with Crippen molar-refractivity contribution in [2.75, 3.05) is 0 Å². The third-order valence-corrected chi connectivity index (χ3v) is 2.46. The van der Waals surface area contributed by atoms with Crippen molar-refractivity contribution >= 4 is 5.57 Å². The van der Waals surface area contributed by atoms with Gasteiger partial charge in [-0.2, -0.15) is 0 Å². The minimum atomic E-state index is 0. The SMILES string of the molecule is C/C=C(C)/C=C/C=C(\C)c1cccc(O)c1.[Y].[Y].[Y]. The monoisotopic (exact) mass is 481 g/mol. The van der Waals surface area contributed by atoms with E-state index in [1.165, 1.54) is 5.57 Å². The number of aromatic hydroxyl groups is 1. The Bertz CT molecular complexity index is 448. The van der Waals surface area contributed by atoms with Crippen molar-refractivity contribution in [2.24, 2.45) is 0 Å².